The highest BCUT2D eigenvalue weighted by atomic mass is 32.1. The first-order valence-corrected chi connectivity index (χ1v) is 7.55. The van der Waals surface area contributed by atoms with E-state index in [4.69, 9.17) is 5.73 Å². The molecule has 0 amide bonds. The van der Waals surface area contributed by atoms with Gasteiger partial charge in [-0.1, -0.05) is 13.0 Å². The summed E-state index contributed by atoms with van der Waals surface area (Å²) < 4.78 is 0. The van der Waals surface area contributed by atoms with Crippen LogP contribution in [0.2, 0.25) is 0 Å². The highest BCUT2D eigenvalue weighted by Crippen LogP contribution is 2.32. The Morgan fingerprint density at radius 2 is 2.12 bits per heavy atom. The highest BCUT2D eigenvalue weighted by Gasteiger charge is 2.27. The summed E-state index contributed by atoms with van der Waals surface area (Å²) in [5.74, 6) is 0.915. The number of rotatable bonds is 4. The van der Waals surface area contributed by atoms with Gasteiger partial charge < -0.3 is 5.73 Å². The molecule has 2 N–H and O–H groups in total. The number of nitrogens with two attached hydrogens (primary N) is 1. The first-order valence-electron chi connectivity index (χ1n) is 6.67. The summed E-state index contributed by atoms with van der Waals surface area (Å²) in [5.41, 5.74) is 5.96. The summed E-state index contributed by atoms with van der Waals surface area (Å²) >= 11 is 1.83. The van der Waals surface area contributed by atoms with Crippen LogP contribution in [-0.4, -0.2) is 24.5 Å². The van der Waals surface area contributed by atoms with Crippen LogP contribution in [0.4, 0.5) is 0 Å². The van der Waals surface area contributed by atoms with Crippen LogP contribution < -0.4 is 5.73 Å². The van der Waals surface area contributed by atoms with Crippen molar-refractivity contribution in [2.24, 2.45) is 11.7 Å². The molecule has 1 aliphatic carbocycles. The van der Waals surface area contributed by atoms with Gasteiger partial charge in [-0.3, -0.25) is 4.90 Å². The van der Waals surface area contributed by atoms with Gasteiger partial charge in [0.05, 0.1) is 6.04 Å². The normalized spacial score (nSPS) is 27.3. The second-order valence-electron chi connectivity index (χ2n) is 5.35. The molecule has 0 bridgehead atoms. The lowest BCUT2D eigenvalue weighted by molar-refractivity contribution is 0.128. The lowest BCUT2D eigenvalue weighted by atomic mass is 9.86. The fourth-order valence-corrected chi connectivity index (χ4v) is 3.76. The van der Waals surface area contributed by atoms with Crippen molar-refractivity contribution in [3.05, 3.63) is 22.4 Å². The van der Waals surface area contributed by atoms with Gasteiger partial charge >= 0.3 is 0 Å². The van der Waals surface area contributed by atoms with Gasteiger partial charge in [-0.25, -0.2) is 0 Å². The molecule has 1 unspecified atom stereocenters. The molecule has 0 saturated heterocycles. The summed E-state index contributed by atoms with van der Waals surface area (Å²) in [6.07, 6.45) is 5.41. The predicted molar refractivity (Wildman–Crippen MR) is 75.3 cm³/mol. The van der Waals surface area contributed by atoms with Crippen LogP contribution in [0.15, 0.2) is 17.5 Å². The average Bonchev–Trinajstić information content (AvgIpc) is 2.84. The largest absolute Gasteiger partial charge is 0.329 e. The van der Waals surface area contributed by atoms with E-state index in [1.165, 1.54) is 30.6 Å². The van der Waals surface area contributed by atoms with Crippen LogP contribution in [0.25, 0.3) is 0 Å². The lowest BCUT2D eigenvalue weighted by Gasteiger charge is -2.37. The molecule has 3 heteroatoms. The third kappa shape index (κ3) is 3.09. The van der Waals surface area contributed by atoms with Crippen LogP contribution in [0.1, 0.15) is 43.5 Å². The number of hydrogen-bond donors (Lipinski definition) is 1. The summed E-state index contributed by atoms with van der Waals surface area (Å²) in [7, 11) is 2.25. The molecule has 2 rings (SSSR count). The molecule has 1 heterocycles. The van der Waals surface area contributed by atoms with Crippen LogP contribution in [-0.2, 0) is 0 Å². The van der Waals surface area contributed by atoms with Gasteiger partial charge in [0.1, 0.15) is 0 Å². The molecular weight excluding hydrogens is 228 g/mol. The molecule has 1 saturated carbocycles. The molecule has 0 radical (unpaired) electrons. The average molecular weight is 252 g/mol. The minimum absolute atomic E-state index is 0.411. The van der Waals surface area contributed by atoms with Crippen molar-refractivity contribution >= 4 is 11.3 Å². The Kier molecular flexibility index (Phi) is 4.60. The van der Waals surface area contributed by atoms with Crippen molar-refractivity contribution in [3.63, 3.8) is 0 Å². The van der Waals surface area contributed by atoms with Crippen LogP contribution in [0, 0.1) is 5.92 Å². The Labute approximate surface area is 109 Å². The zero-order chi connectivity index (χ0) is 12.3. The SMILES string of the molecule is CC1CCC(N(C)C(CN)c2cccs2)CC1. The van der Waals surface area contributed by atoms with Gasteiger partial charge in [-0.05, 0) is 50.1 Å². The van der Waals surface area contributed by atoms with Crippen molar-refractivity contribution in [2.45, 2.75) is 44.7 Å². The molecule has 96 valence electrons. The topological polar surface area (TPSA) is 29.3 Å². The first kappa shape index (κ1) is 13.1. The molecule has 1 aliphatic rings. The minimum Gasteiger partial charge on any atom is -0.329 e. The van der Waals surface area contributed by atoms with Crippen LogP contribution >= 0.6 is 11.3 Å². The quantitative estimate of drug-likeness (QED) is 0.891. The van der Waals surface area contributed by atoms with E-state index in [-0.39, 0.29) is 0 Å². The van der Waals surface area contributed by atoms with Crippen molar-refractivity contribution in [1.82, 2.24) is 4.90 Å². The minimum atomic E-state index is 0.411. The zero-order valence-electron chi connectivity index (χ0n) is 10.9. The fraction of sp³-hybridized carbons (Fsp3) is 0.714. The maximum atomic E-state index is 5.96. The van der Waals surface area contributed by atoms with Crippen molar-refractivity contribution in [1.29, 1.82) is 0 Å². The van der Waals surface area contributed by atoms with E-state index < -0.39 is 0 Å². The van der Waals surface area contributed by atoms with Gasteiger partial charge in [0.2, 0.25) is 0 Å². The molecule has 0 aromatic carbocycles. The van der Waals surface area contributed by atoms with Crippen molar-refractivity contribution in [3.8, 4) is 0 Å². The van der Waals surface area contributed by atoms with Gasteiger partial charge in [0.25, 0.3) is 0 Å². The van der Waals surface area contributed by atoms with Crippen LogP contribution in [0.5, 0.6) is 0 Å². The van der Waals surface area contributed by atoms with E-state index >= 15 is 0 Å². The van der Waals surface area contributed by atoms with Gasteiger partial charge in [-0.2, -0.15) is 0 Å². The number of hydrogen-bond acceptors (Lipinski definition) is 3. The fourth-order valence-electron chi connectivity index (χ4n) is 2.87. The van der Waals surface area contributed by atoms with E-state index in [9.17, 15) is 0 Å². The Morgan fingerprint density at radius 3 is 2.65 bits per heavy atom. The molecule has 0 spiro atoms. The summed E-state index contributed by atoms with van der Waals surface area (Å²) in [5, 5.41) is 2.15. The monoisotopic (exact) mass is 252 g/mol. The molecule has 1 aromatic heterocycles. The smallest absolute Gasteiger partial charge is 0.0564 e. The molecule has 1 atom stereocenters. The van der Waals surface area contributed by atoms with Gasteiger partial charge in [-0.15, -0.1) is 11.3 Å². The molecule has 2 nitrogen and oxygen atoms in total. The molecule has 17 heavy (non-hydrogen) atoms. The molecule has 0 aliphatic heterocycles. The van der Waals surface area contributed by atoms with Gasteiger partial charge in [0.15, 0.2) is 0 Å². The second kappa shape index (κ2) is 5.98. The lowest BCUT2D eigenvalue weighted by Crippen LogP contribution is -2.40. The first-order chi connectivity index (χ1) is 8.22. The van der Waals surface area contributed by atoms with E-state index in [1.54, 1.807) is 0 Å². The van der Waals surface area contributed by atoms with Crippen molar-refractivity contribution < 1.29 is 0 Å². The van der Waals surface area contributed by atoms with Gasteiger partial charge in [0, 0.05) is 17.5 Å². The Hall–Kier alpha value is -0.380. The number of nitrogens with zero attached hydrogens (tertiary/aromatic N) is 1. The third-order valence-corrected chi connectivity index (χ3v) is 5.12. The Bertz CT molecular complexity index is 315. The maximum Gasteiger partial charge on any atom is 0.0564 e. The number of thiophene rings is 1. The Morgan fingerprint density at radius 1 is 1.41 bits per heavy atom. The third-order valence-electron chi connectivity index (χ3n) is 4.15. The van der Waals surface area contributed by atoms with Crippen molar-refractivity contribution in [2.75, 3.05) is 13.6 Å². The summed E-state index contributed by atoms with van der Waals surface area (Å²) in [6, 6.07) is 5.47. The highest BCUT2D eigenvalue weighted by molar-refractivity contribution is 7.10. The second-order valence-corrected chi connectivity index (χ2v) is 6.33. The predicted octanol–water partition coefficient (Wildman–Crippen LogP) is 3.26. The Balaban J connectivity index is 2.00. The summed E-state index contributed by atoms with van der Waals surface area (Å²) in [6.45, 7) is 3.10. The molecular formula is C14H24N2S. The summed E-state index contributed by atoms with van der Waals surface area (Å²) in [4.78, 5) is 3.92. The van der Waals surface area contributed by atoms with E-state index in [2.05, 4.69) is 36.4 Å². The van der Waals surface area contributed by atoms with E-state index in [0.717, 1.165) is 18.5 Å². The molecule has 1 fully saturated rings. The van der Waals surface area contributed by atoms with E-state index in [1.807, 2.05) is 11.3 Å². The standard InChI is InChI=1S/C14H24N2S/c1-11-5-7-12(8-6-11)16(2)13(10-15)14-4-3-9-17-14/h3-4,9,11-13H,5-8,10,15H2,1-2H3. The maximum absolute atomic E-state index is 5.96. The number of likely N-dealkylation sites (N-methyl/N-ethyl adjacent to an activating group) is 1. The van der Waals surface area contributed by atoms with E-state index in [0.29, 0.717) is 6.04 Å². The zero-order valence-corrected chi connectivity index (χ0v) is 11.7. The van der Waals surface area contributed by atoms with Crippen LogP contribution in [0.3, 0.4) is 0 Å². The molecule has 1 aromatic rings.